The van der Waals surface area contributed by atoms with Gasteiger partial charge in [-0.3, -0.25) is 0 Å². The van der Waals surface area contributed by atoms with Crippen molar-refractivity contribution in [2.24, 2.45) is 0 Å². The van der Waals surface area contributed by atoms with E-state index in [1.54, 1.807) is 24.6 Å². The van der Waals surface area contributed by atoms with Gasteiger partial charge in [-0.25, -0.2) is 9.97 Å². The van der Waals surface area contributed by atoms with Gasteiger partial charge in [0.15, 0.2) is 0 Å². The number of hydrogen-bond acceptors (Lipinski definition) is 9. The van der Waals surface area contributed by atoms with Gasteiger partial charge < -0.3 is 24.8 Å². The van der Waals surface area contributed by atoms with Crippen LogP contribution in [0.15, 0.2) is 60.8 Å². The summed E-state index contributed by atoms with van der Waals surface area (Å²) in [4.78, 5) is 13.5. The van der Waals surface area contributed by atoms with E-state index in [1.165, 1.54) is 0 Å². The molecule has 1 aliphatic rings. The number of ether oxygens (including phenoxy) is 2. The molecule has 3 heterocycles. The number of aliphatic hydroxyl groups excluding tert-OH is 1. The molecule has 0 saturated carbocycles. The van der Waals surface area contributed by atoms with Gasteiger partial charge in [-0.15, -0.1) is 11.3 Å². The van der Waals surface area contributed by atoms with Gasteiger partial charge in [0.05, 0.1) is 36.0 Å². The number of nitriles is 1. The highest BCUT2D eigenvalue weighted by atomic mass is 32.1. The van der Waals surface area contributed by atoms with Crippen LogP contribution in [0.2, 0.25) is 0 Å². The number of hydrogen-bond donors (Lipinski definition) is 2. The molecule has 0 aliphatic carbocycles. The van der Waals surface area contributed by atoms with Gasteiger partial charge in [0, 0.05) is 48.0 Å². The number of anilines is 2. The van der Waals surface area contributed by atoms with Crippen LogP contribution in [0.4, 0.5) is 11.6 Å². The van der Waals surface area contributed by atoms with Crippen LogP contribution in [-0.2, 0) is 0 Å². The van der Waals surface area contributed by atoms with Gasteiger partial charge in [0.25, 0.3) is 0 Å². The fourth-order valence-corrected chi connectivity index (χ4v) is 5.97. The lowest BCUT2D eigenvalue weighted by Gasteiger charge is -2.29. The van der Waals surface area contributed by atoms with Gasteiger partial charge in [-0.1, -0.05) is 18.2 Å². The van der Waals surface area contributed by atoms with E-state index in [1.807, 2.05) is 61.5 Å². The van der Waals surface area contributed by atoms with Crippen LogP contribution in [0.3, 0.4) is 0 Å². The third kappa shape index (κ3) is 6.59. The predicted octanol–water partition coefficient (Wildman–Crippen LogP) is 6.03. The average Bonchev–Trinajstić information content (AvgIpc) is 3.32. The van der Waals surface area contributed by atoms with Crippen LogP contribution in [-0.4, -0.2) is 59.4 Å². The molecule has 0 atom stereocenters. The van der Waals surface area contributed by atoms with E-state index in [-0.39, 0.29) is 6.10 Å². The lowest BCUT2D eigenvalue weighted by atomic mass is 9.99. The van der Waals surface area contributed by atoms with Crippen molar-refractivity contribution in [1.82, 2.24) is 14.9 Å². The molecule has 2 N–H and O–H groups in total. The van der Waals surface area contributed by atoms with Crippen molar-refractivity contribution in [3.8, 4) is 39.3 Å². The Balaban J connectivity index is 1.29. The minimum absolute atomic E-state index is 0.146. The molecule has 2 aromatic heterocycles. The van der Waals surface area contributed by atoms with Crippen LogP contribution in [0.5, 0.6) is 11.5 Å². The summed E-state index contributed by atoms with van der Waals surface area (Å²) < 4.78 is 11.4. The maximum Gasteiger partial charge on any atom is 0.227 e. The SMILES string of the molecule is COc1cccc(-c2c(-c3ccnc(Nc4cccc(OCCCN5CCC(O)CC5)c4)n3)sc(C)c2C#N)c1. The number of benzene rings is 2. The summed E-state index contributed by atoms with van der Waals surface area (Å²) in [6, 6.07) is 19.8. The summed E-state index contributed by atoms with van der Waals surface area (Å²) in [5, 5.41) is 22.9. The van der Waals surface area contributed by atoms with Crippen molar-refractivity contribution < 1.29 is 14.6 Å². The number of thiophene rings is 1. The second kappa shape index (κ2) is 12.9. The monoisotopic (exact) mass is 555 g/mol. The number of nitrogens with one attached hydrogen (secondary N) is 1. The zero-order valence-corrected chi connectivity index (χ0v) is 23.6. The van der Waals surface area contributed by atoms with Crippen molar-refractivity contribution in [3.05, 3.63) is 71.2 Å². The zero-order chi connectivity index (χ0) is 27.9. The van der Waals surface area contributed by atoms with Crippen molar-refractivity contribution in [1.29, 1.82) is 5.26 Å². The van der Waals surface area contributed by atoms with Gasteiger partial charge in [-0.2, -0.15) is 5.26 Å². The van der Waals surface area contributed by atoms with Crippen LogP contribution in [0.1, 0.15) is 29.7 Å². The normalized spacial score (nSPS) is 14.1. The van der Waals surface area contributed by atoms with E-state index < -0.39 is 0 Å². The molecule has 8 nitrogen and oxygen atoms in total. The molecular formula is C31H33N5O3S. The van der Waals surface area contributed by atoms with E-state index in [4.69, 9.17) is 14.5 Å². The number of methoxy groups -OCH3 is 1. The first kappa shape index (κ1) is 27.6. The second-order valence-electron chi connectivity index (χ2n) is 9.77. The molecule has 0 bridgehead atoms. The standard InChI is InChI=1S/C31H33N5O3S/c1-21-27(20-32)29(22-6-3-8-25(18-22)38-2)30(40-21)28-10-13-33-31(35-28)34-23-7-4-9-26(19-23)39-17-5-14-36-15-11-24(37)12-16-36/h3-4,6-10,13,18-19,24,37H,5,11-12,14-17H2,1-2H3,(H,33,34,35). The molecule has 0 amide bonds. The Bertz CT molecular complexity index is 1490. The Morgan fingerprint density at radius 2 is 1.93 bits per heavy atom. The number of likely N-dealkylation sites (tertiary alicyclic amines) is 1. The van der Waals surface area contributed by atoms with Crippen LogP contribution in [0, 0.1) is 18.3 Å². The summed E-state index contributed by atoms with van der Waals surface area (Å²) in [6.45, 7) is 5.45. The summed E-state index contributed by atoms with van der Waals surface area (Å²) in [6.07, 6.45) is 4.21. The lowest BCUT2D eigenvalue weighted by molar-refractivity contribution is 0.0800. The van der Waals surface area contributed by atoms with E-state index in [2.05, 4.69) is 21.3 Å². The highest BCUT2D eigenvalue weighted by Crippen LogP contribution is 2.43. The third-order valence-corrected chi connectivity index (χ3v) is 8.11. The molecule has 206 valence electrons. The number of nitrogens with zero attached hydrogens (tertiary/aromatic N) is 4. The molecule has 5 rings (SSSR count). The minimum Gasteiger partial charge on any atom is -0.497 e. The van der Waals surface area contributed by atoms with Crippen LogP contribution in [0.25, 0.3) is 21.7 Å². The van der Waals surface area contributed by atoms with Gasteiger partial charge >= 0.3 is 0 Å². The number of aromatic nitrogens is 2. The molecule has 4 aromatic rings. The van der Waals surface area contributed by atoms with E-state index in [0.717, 1.165) is 82.7 Å². The molecule has 1 saturated heterocycles. The van der Waals surface area contributed by atoms with Crippen LogP contribution < -0.4 is 14.8 Å². The highest BCUT2D eigenvalue weighted by Gasteiger charge is 2.21. The van der Waals surface area contributed by atoms with E-state index >= 15 is 0 Å². The second-order valence-corrected chi connectivity index (χ2v) is 11.0. The van der Waals surface area contributed by atoms with Crippen LogP contribution >= 0.6 is 11.3 Å². The largest absolute Gasteiger partial charge is 0.497 e. The third-order valence-electron chi connectivity index (χ3n) is 6.98. The summed E-state index contributed by atoms with van der Waals surface area (Å²) in [7, 11) is 1.63. The molecule has 9 heteroatoms. The number of aryl methyl sites for hydroxylation is 1. The molecular weight excluding hydrogens is 522 g/mol. The zero-order valence-electron chi connectivity index (χ0n) is 22.8. The molecule has 0 spiro atoms. The first-order valence-corrected chi connectivity index (χ1v) is 14.3. The summed E-state index contributed by atoms with van der Waals surface area (Å²) in [5.74, 6) is 1.97. The topological polar surface area (TPSA) is 104 Å². The first-order chi connectivity index (χ1) is 19.5. The summed E-state index contributed by atoms with van der Waals surface area (Å²) >= 11 is 1.55. The maximum atomic E-state index is 9.93. The molecule has 1 fully saturated rings. The molecule has 0 radical (unpaired) electrons. The Morgan fingerprint density at radius 3 is 2.73 bits per heavy atom. The number of rotatable bonds is 10. The van der Waals surface area contributed by atoms with Gasteiger partial charge in [-0.05, 0) is 62.1 Å². The Morgan fingerprint density at radius 1 is 1.12 bits per heavy atom. The van der Waals surface area contributed by atoms with Gasteiger partial charge in [0.2, 0.25) is 5.95 Å². The highest BCUT2D eigenvalue weighted by molar-refractivity contribution is 7.16. The number of piperidine rings is 1. The van der Waals surface area contributed by atoms with Crippen molar-refractivity contribution in [2.75, 3.05) is 38.7 Å². The van der Waals surface area contributed by atoms with E-state index in [0.29, 0.717) is 18.1 Å². The fraction of sp³-hybridized carbons (Fsp3) is 0.323. The first-order valence-electron chi connectivity index (χ1n) is 13.5. The summed E-state index contributed by atoms with van der Waals surface area (Å²) in [5.41, 5.74) is 3.97. The Labute approximate surface area is 238 Å². The lowest BCUT2D eigenvalue weighted by Crippen LogP contribution is -2.36. The molecule has 40 heavy (non-hydrogen) atoms. The Kier molecular flexibility index (Phi) is 8.91. The molecule has 2 aromatic carbocycles. The minimum atomic E-state index is -0.146. The maximum absolute atomic E-state index is 9.93. The Hall–Kier alpha value is -3.97. The molecule has 1 aliphatic heterocycles. The van der Waals surface area contributed by atoms with Crippen molar-refractivity contribution in [2.45, 2.75) is 32.3 Å². The quantitative estimate of drug-likeness (QED) is 0.229. The molecule has 0 unspecified atom stereocenters. The smallest absolute Gasteiger partial charge is 0.227 e. The number of aliphatic hydroxyl groups is 1. The fourth-order valence-electron chi connectivity index (χ4n) is 4.87. The van der Waals surface area contributed by atoms with E-state index in [9.17, 15) is 10.4 Å². The average molecular weight is 556 g/mol. The van der Waals surface area contributed by atoms with Crippen molar-refractivity contribution >= 4 is 23.0 Å². The predicted molar refractivity (Wildman–Crippen MR) is 158 cm³/mol. The van der Waals surface area contributed by atoms with Gasteiger partial charge in [0.1, 0.15) is 17.6 Å². The van der Waals surface area contributed by atoms with Crippen molar-refractivity contribution in [3.63, 3.8) is 0 Å².